The van der Waals surface area contributed by atoms with E-state index in [0.717, 1.165) is 0 Å². The van der Waals surface area contributed by atoms with E-state index < -0.39 is 9.84 Å². The Kier molecular flexibility index (Phi) is 4.42. The molecule has 0 saturated carbocycles. The number of benzene rings is 1. The summed E-state index contributed by atoms with van der Waals surface area (Å²) >= 11 is 0. The summed E-state index contributed by atoms with van der Waals surface area (Å²) < 4.78 is 25.0. The number of anilines is 1. The van der Waals surface area contributed by atoms with Gasteiger partial charge in [0.1, 0.15) is 0 Å². The molecule has 0 bridgehead atoms. The van der Waals surface area contributed by atoms with E-state index in [1.807, 2.05) is 6.92 Å². The number of aromatic nitrogens is 2. The highest BCUT2D eigenvalue weighted by molar-refractivity contribution is 7.91. The van der Waals surface area contributed by atoms with Gasteiger partial charge in [-0.25, -0.2) is 8.42 Å². The van der Waals surface area contributed by atoms with Crippen molar-refractivity contribution in [3.63, 3.8) is 0 Å². The first-order valence-corrected chi connectivity index (χ1v) is 8.28. The Balaban J connectivity index is 2.11. The molecule has 2 rings (SSSR count). The summed E-state index contributed by atoms with van der Waals surface area (Å²) in [6.07, 6.45) is 3.15. The maximum Gasteiger partial charge on any atom is 0.258 e. The van der Waals surface area contributed by atoms with Crippen LogP contribution < -0.4 is 5.32 Å². The van der Waals surface area contributed by atoms with Gasteiger partial charge in [0, 0.05) is 18.4 Å². The van der Waals surface area contributed by atoms with E-state index in [0.29, 0.717) is 17.8 Å². The highest BCUT2D eigenvalue weighted by Crippen LogP contribution is 2.16. The Bertz CT molecular complexity index is 733. The lowest BCUT2D eigenvalue weighted by atomic mass is 10.3. The number of carbonyl (C=O) groups is 1. The van der Waals surface area contributed by atoms with Crippen LogP contribution in [0, 0.1) is 0 Å². The molecule has 7 heteroatoms. The van der Waals surface area contributed by atoms with Gasteiger partial charge in [-0.3, -0.25) is 9.48 Å². The minimum atomic E-state index is -3.22. The Morgan fingerprint density at radius 1 is 1.24 bits per heavy atom. The third-order valence-electron chi connectivity index (χ3n) is 3.07. The largest absolute Gasteiger partial charge is 0.322 e. The summed E-state index contributed by atoms with van der Waals surface area (Å²) in [5, 5.41) is 6.74. The molecule has 0 unspecified atom stereocenters. The molecule has 1 N–H and O–H groups in total. The summed E-state index contributed by atoms with van der Waals surface area (Å²) in [5.41, 5.74) is 1.00. The molecule has 0 saturated heterocycles. The van der Waals surface area contributed by atoms with Crippen molar-refractivity contribution in [1.29, 1.82) is 0 Å². The molecule has 1 amide bonds. The molecule has 0 radical (unpaired) electrons. The quantitative estimate of drug-likeness (QED) is 0.915. The van der Waals surface area contributed by atoms with Crippen molar-refractivity contribution in [2.45, 2.75) is 25.3 Å². The summed E-state index contributed by atoms with van der Waals surface area (Å²) in [6.45, 7) is 4.22. The first-order valence-electron chi connectivity index (χ1n) is 6.63. The summed E-state index contributed by atoms with van der Waals surface area (Å²) in [6, 6.07) is 6.13. The second-order valence-electron chi connectivity index (χ2n) is 4.47. The maximum absolute atomic E-state index is 12.0. The van der Waals surface area contributed by atoms with Crippen LogP contribution in [0.1, 0.15) is 24.2 Å². The molecule has 2 aromatic rings. The molecule has 21 heavy (non-hydrogen) atoms. The average molecular weight is 307 g/mol. The molecule has 0 aliphatic rings. The van der Waals surface area contributed by atoms with Gasteiger partial charge in [-0.15, -0.1) is 0 Å². The lowest BCUT2D eigenvalue weighted by molar-refractivity contribution is 0.102. The molecule has 1 aromatic heterocycles. The molecule has 1 aromatic carbocycles. The molecule has 0 spiro atoms. The van der Waals surface area contributed by atoms with Crippen molar-refractivity contribution in [2.75, 3.05) is 11.1 Å². The predicted molar refractivity (Wildman–Crippen MR) is 80.0 cm³/mol. The Morgan fingerprint density at radius 3 is 2.43 bits per heavy atom. The van der Waals surface area contributed by atoms with Gasteiger partial charge in [0.05, 0.1) is 22.4 Å². The van der Waals surface area contributed by atoms with Crippen molar-refractivity contribution in [2.24, 2.45) is 0 Å². The van der Waals surface area contributed by atoms with Gasteiger partial charge >= 0.3 is 0 Å². The average Bonchev–Trinajstić information content (AvgIpc) is 2.97. The first-order chi connectivity index (χ1) is 9.96. The molecular formula is C14H17N3O3S. The van der Waals surface area contributed by atoms with Gasteiger partial charge in [-0.2, -0.15) is 5.10 Å². The fraction of sp³-hybridized carbons (Fsp3) is 0.286. The number of rotatable bonds is 5. The van der Waals surface area contributed by atoms with Crippen LogP contribution in [0.3, 0.4) is 0 Å². The summed E-state index contributed by atoms with van der Waals surface area (Å²) in [4.78, 5) is 12.3. The molecule has 0 aliphatic carbocycles. The number of hydrogen-bond donors (Lipinski definition) is 1. The zero-order valence-corrected chi connectivity index (χ0v) is 12.7. The van der Waals surface area contributed by atoms with Gasteiger partial charge in [-0.1, -0.05) is 6.92 Å². The van der Waals surface area contributed by atoms with Crippen LogP contribution in [-0.2, 0) is 16.4 Å². The van der Waals surface area contributed by atoms with Crippen LogP contribution in [0.2, 0.25) is 0 Å². The Hall–Kier alpha value is -2.15. The van der Waals surface area contributed by atoms with Crippen molar-refractivity contribution in [1.82, 2.24) is 9.78 Å². The Labute approximate surface area is 123 Å². The molecule has 0 aliphatic heterocycles. The van der Waals surface area contributed by atoms with Crippen LogP contribution in [0.25, 0.3) is 0 Å². The number of amides is 1. The van der Waals surface area contributed by atoms with E-state index in [4.69, 9.17) is 0 Å². The second-order valence-corrected chi connectivity index (χ2v) is 6.74. The van der Waals surface area contributed by atoms with Crippen LogP contribution in [0.5, 0.6) is 0 Å². The summed E-state index contributed by atoms with van der Waals surface area (Å²) in [7, 11) is -3.22. The minimum absolute atomic E-state index is 0.0505. The molecule has 6 nitrogen and oxygen atoms in total. The molecule has 0 fully saturated rings. The van der Waals surface area contributed by atoms with E-state index in [1.54, 1.807) is 29.9 Å². The van der Waals surface area contributed by atoms with Gasteiger partial charge in [0.15, 0.2) is 9.84 Å². The maximum atomic E-state index is 12.0. The zero-order valence-electron chi connectivity index (χ0n) is 11.9. The number of carbonyl (C=O) groups excluding carboxylic acids is 1. The van der Waals surface area contributed by atoms with E-state index in [2.05, 4.69) is 10.4 Å². The van der Waals surface area contributed by atoms with Crippen LogP contribution in [0.15, 0.2) is 41.6 Å². The lowest BCUT2D eigenvalue weighted by Gasteiger charge is -2.05. The van der Waals surface area contributed by atoms with Crippen LogP contribution in [0.4, 0.5) is 5.69 Å². The number of nitrogens with one attached hydrogen (secondary N) is 1. The first kappa shape index (κ1) is 15.2. The monoisotopic (exact) mass is 307 g/mol. The van der Waals surface area contributed by atoms with Crippen molar-refractivity contribution in [3.05, 3.63) is 42.2 Å². The highest BCUT2D eigenvalue weighted by atomic mass is 32.2. The third-order valence-corrected chi connectivity index (χ3v) is 4.82. The van der Waals surface area contributed by atoms with Gasteiger partial charge < -0.3 is 5.32 Å². The topological polar surface area (TPSA) is 81.1 Å². The molecule has 1 heterocycles. The minimum Gasteiger partial charge on any atom is -0.322 e. The predicted octanol–water partition coefficient (Wildman–Crippen LogP) is 1.95. The SMILES string of the molecule is CCn1cc(C(=O)Nc2ccc(S(=O)(=O)CC)cc2)cn1. The van der Waals surface area contributed by atoms with Crippen molar-refractivity contribution >= 4 is 21.4 Å². The van der Waals surface area contributed by atoms with Crippen molar-refractivity contribution in [3.8, 4) is 0 Å². The lowest BCUT2D eigenvalue weighted by Crippen LogP contribution is -2.11. The fourth-order valence-corrected chi connectivity index (χ4v) is 2.65. The van der Waals surface area contributed by atoms with Crippen LogP contribution >= 0.6 is 0 Å². The molecule has 112 valence electrons. The summed E-state index contributed by atoms with van der Waals surface area (Å²) in [5.74, 6) is -0.227. The van der Waals surface area contributed by atoms with E-state index >= 15 is 0 Å². The number of nitrogens with zero attached hydrogens (tertiary/aromatic N) is 2. The number of sulfone groups is 1. The van der Waals surface area contributed by atoms with E-state index in [9.17, 15) is 13.2 Å². The van der Waals surface area contributed by atoms with Gasteiger partial charge in [0.2, 0.25) is 0 Å². The Morgan fingerprint density at radius 2 is 1.90 bits per heavy atom. The molecule has 0 atom stereocenters. The van der Waals surface area contributed by atoms with Crippen molar-refractivity contribution < 1.29 is 13.2 Å². The van der Waals surface area contributed by atoms with Crippen LogP contribution in [-0.4, -0.2) is 29.9 Å². The molecular weight excluding hydrogens is 290 g/mol. The van der Waals surface area contributed by atoms with E-state index in [1.165, 1.54) is 18.3 Å². The number of hydrogen-bond acceptors (Lipinski definition) is 4. The second kappa shape index (κ2) is 6.09. The standard InChI is InChI=1S/C14H17N3O3S/c1-3-17-10-11(9-15-17)14(18)16-12-5-7-13(8-6-12)21(19,20)4-2/h5-10H,3-4H2,1-2H3,(H,16,18). The van der Waals surface area contributed by atoms with Gasteiger partial charge in [-0.05, 0) is 31.2 Å². The number of aryl methyl sites for hydroxylation is 1. The highest BCUT2D eigenvalue weighted by Gasteiger charge is 2.12. The fourth-order valence-electron chi connectivity index (χ4n) is 1.77. The smallest absolute Gasteiger partial charge is 0.258 e. The zero-order chi connectivity index (χ0) is 15.5. The van der Waals surface area contributed by atoms with Gasteiger partial charge in [0.25, 0.3) is 5.91 Å². The third kappa shape index (κ3) is 3.49. The normalized spacial score (nSPS) is 11.3. The van der Waals surface area contributed by atoms with E-state index in [-0.39, 0.29) is 16.6 Å².